The number of carbonyl (C=O) groups excluding carboxylic acids is 6. The van der Waals surface area contributed by atoms with Gasteiger partial charge in [-0.1, -0.05) is 36.4 Å². The molecule has 0 spiro atoms. The Morgan fingerprint density at radius 1 is 0.778 bits per heavy atom. The van der Waals surface area contributed by atoms with Crippen LogP contribution in [0.1, 0.15) is 89.4 Å². The Morgan fingerprint density at radius 2 is 1.48 bits per heavy atom. The molecule has 0 bridgehead atoms. The summed E-state index contributed by atoms with van der Waals surface area (Å²) in [5, 5.41) is 23.5. The van der Waals surface area contributed by atoms with Gasteiger partial charge in [-0.25, -0.2) is 4.39 Å². The van der Waals surface area contributed by atoms with Crippen LogP contribution in [0.4, 0.5) is 10.1 Å². The summed E-state index contributed by atoms with van der Waals surface area (Å²) < 4.78 is 21.5. The van der Waals surface area contributed by atoms with E-state index < -0.39 is 41.4 Å². The number of likely N-dealkylation sites (tertiary alicyclic amines) is 1. The highest BCUT2D eigenvalue weighted by molar-refractivity contribution is 6.23. The minimum atomic E-state index is -1.12. The van der Waals surface area contributed by atoms with E-state index in [9.17, 15) is 39.0 Å². The molecule has 63 heavy (non-hydrogen) atoms. The molecule has 1 atom stereocenters. The van der Waals surface area contributed by atoms with Crippen molar-refractivity contribution in [3.05, 3.63) is 117 Å². The van der Waals surface area contributed by atoms with Crippen molar-refractivity contribution in [2.24, 2.45) is 5.92 Å². The van der Waals surface area contributed by atoms with Crippen molar-refractivity contribution in [1.82, 2.24) is 24.9 Å². The number of rotatable bonds is 9. The number of halogens is 1. The van der Waals surface area contributed by atoms with Gasteiger partial charge in [0.25, 0.3) is 23.6 Å². The number of nitrogens with zero attached hydrogens (tertiary/aromatic N) is 5. The maximum atomic E-state index is 15.5. The summed E-state index contributed by atoms with van der Waals surface area (Å²) in [5.41, 5.74) is 3.65. The molecule has 0 aliphatic carbocycles. The number of benzene rings is 4. The highest BCUT2D eigenvalue weighted by Gasteiger charge is 2.45. The van der Waals surface area contributed by atoms with E-state index in [2.05, 4.69) is 10.2 Å². The summed E-state index contributed by atoms with van der Waals surface area (Å²) in [4.78, 5) is 86.8. The summed E-state index contributed by atoms with van der Waals surface area (Å²) in [6, 6.07) is 17.4. The maximum Gasteiger partial charge on any atom is 0.262 e. The zero-order valence-electron chi connectivity index (χ0n) is 34.8. The molecule has 9 rings (SSSR count). The molecule has 4 aromatic rings. The Hall–Kier alpha value is -6.81. The van der Waals surface area contributed by atoms with Gasteiger partial charge in [0.15, 0.2) is 0 Å². The number of piperidine rings is 2. The standard InChI is InChI=1S/C47H47FN6O9/c1-27-38(55)22-39(56)41(42(27)63-26-29-5-3-2-4-6-29)47(62)53-24-31-8-7-30(19-32(31)25-53)44(59)52-13-11-28(12-14-52)23-50-15-17-51(18-16-50)37-21-34-33(20-35(37)48)45(60)54(46(34)61)36-9-10-40(57)49-43(36)58/h2-8,19-22,28,36,55-56H,9-18,23-26H2,1H3,(H,49,57,58). The molecule has 0 saturated carbocycles. The maximum absolute atomic E-state index is 15.5. The van der Waals surface area contributed by atoms with Crippen LogP contribution in [-0.4, -0.2) is 117 Å². The molecular weight excluding hydrogens is 812 g/mol. The molecule has 16 heteroatoms. The van der Waals surface area contributed by atoms with Gasteiger partial charge in [0.05, 0.1) is 16.8 Å². The van der Waals surface area contributed by atoms with Gasteiger partial charge in [-0.15, -0.1) is 0 Å². The fraction of sp³-hybridized carbons (Fsp3) is 0.362. The number of phenolic OH excluding ortho intramolecular Hbond substituents is 2. The van der Waals surface area contributed by atoms with E-state index in [0.29, 0.717) is 56.3 Å². The van der Waals surface area contributed by atoms with Crippen molar-refractivity contribution < 1.29 is 48.1 Å². The lowest BCUT2D eigenvalue weighted by Gasteiger charge is -2.39. The molecule has 4 aromatic carbocycles. The fourth-order valence-electron chi connectivity index (χ4n) is 9.44. The number of amides is 6. The minimum absolute atomic E-state index is 0.00181. The number of piperazine rings is 1. The average molecular weight is 859 g/mol. The van der Waals surface area contributed by atoms with E-state index in [0.717, 1.165) is 53.1 Å². The van der Waals surface area contributed by atoms with E-state index >= 15 is 4.39 Å². The zero-order chi connectivity index (χ0) is 44.1. The Labute approximate surface area is 362 Å². The van der Waals surface area contributed by atoms with Crippen LogP contribution in [0, 0.1) is 18.7 Å². The van der Waals surface area contributed by atoms with Crippen LogP contribution in [0.5, 0.6) is 17.2 Å². The predicted molar refractivity (Wildman–Crippen MR) is 226 cm³/mol. The van der Waals surface area contributed by atoms with Crippen LogP contribution in [-0.2, 0) is 29.3 Å². The number of aromatic hydroxyl groups is 2. The van der Waals surface area contributed by atoms with Crippen LogP contribution < -0.4 is 15.0 Å². The molecule has 3 fully saturated rings. The molecule has 5 aliphatic heterocycles. The number of ether oxygens (including phenoxy) is 1. The number of carbonyl (C=O) groups is 6. The minimum Gasteiger partial charge on any atom is -0.507 e. The van der Waals surface area contributed by atoms with Gasteiger partial charge in [-0.3, -0.25) is 43.9 Å². The molecule has 1 unspecified atom stereocenters. The highest BCUT2D eigenvalue weighted by atomic mass is 19.1. The third-order valence-electron chi connectivity index (χ3n) is 13.0. The van der Waals surface area contributed by atoms with E-state index in [1.54, 1.807) is 17.9 Å². The van der Waals surface area contributed by atoms with Crippen molar-refractivity contribution >= 4 is 41.1 Å². The zero-order valence-corrected chi connectivity index (χ0v) is 34.8. The van der Waals surface area contributed by atoms with Crippen molar-refractivity contribution in [1.29, 1.82) is 0 Å². The van der Waals surface area contributed by atoms with Gasteiger partial charge in [-0.05, 0) is 73.1 Å². The second-order valence-corrected chi connectivity index (χ2v) is 17.0. The second kappa shape index (κ2) is 16.8. The highest BCUT2D eigenvalue weighted by Crippen LogP contribution is 2.40. The number of anilines is 1. The normalized spacial score (nSPS) is 19.4. The molecule has 3 saturated heterocycles. The van der Waals surface area contributed by atoms with E-state index in [1.807, 2.05) is 52.3 Å². The Morgan fingerprint density at radius 3 is 2.19 bits per heavy atom. The summed E-state index contributed by atoms with van der Waals surface area (Å²) >= 11 is 0. The number of nitrogens with one attached hydrogen (secondary N) is 1. The van der Waals surface area contributed by atoms with E-state index in [4.69, 9.17) is 4.74 Å². The first-order valence-corrected chi connectivity index (χ1v) is 21.3. The number of imide groups is 2. The second-order valence-electron chi connectivity index (χ2n) is 17.0. The summed E-state index contributed by atoms with van der Waals surface area (Å²) in [5.74, 6) is -3.83. The van der Waals surface area contributed by atoms with Gasteiger partial charge in [0, 0.05) is 82.5 Å². The Balaban J connectivity index is 0.770. The van der Waals surface area contributed by atoms with E-state index in [-0.39, 0.29) is 78.1 Å². The molecule has 0 radical (unpaired) electrons. The van der Waals surface area contributed by atoms with Gasteiger partial charge in [-0.2, -0.15) is 0 Å². The lowest BCUT2D eigenvalue weighted by atomic mass is 9.95. The lowest BCUT2D eigenvalue weighted by Crippen LogP contribution is -2.54. The fourth-order valence-corrected chi connectivity index (χ4v) is 9.44. The quantitative estimate of drug-likeness (QED) is 0.204. The monoisotopic (exact) mass is 858 g/mol. The van der Waals surface area contributed by atoms with Crippen LogP contribution in [0.3, 0.4) is 0 Å². The number of hydrogen-bond acceptors (Lipinski definition) is 11. The molecule has 326 valence electrons. The average Bonchev–Trinajstić information content (AvgIpc) is 3.81. The smallest absolute Gasteiger partial charge is 0.262 e. The van der Waals surface area contributed by atoms with Gasteiger partial charge in [0.1, 0.15) is 41.3 Å². The summed E-state index contributed by atoms with van der Waals surface area (Å²) in [6.45, 7) is 6.65. The summed E-state index contributed by atoms with van der Waals surface area (Å²) in [7, 11) is 0. The number of fused-ring (bicyclic) bond motifs is 2. The largest absolute Gasteiger partial charge is 0.507 e. The number of hydrogen-bond donors (Lipinski definition) is 3. The molecule has 15 nitrogen and oxygen atoms in total. The van der Waals surface area contributed by atoms with E-state index in [1.165, 1.54) is 6.07 Å². The third kappa shape index (κ3) is 7.94. The summed E-state index contributed by atoms with van der Waals surface area (Å²) in [6.07, 6.45) is 1.66. The van der Waals surface area contributed by atoms with Crippen molar-refractivity contribution in [2.45, 2.75) is 58.3 Å². The Kier molecular flexibility index (Phi) is 11.1. The first-order chi connectivity index (χ1) is 30.3. The molecule has 3 N–H and O–H groups in total. The van der Waals surface area contributed by atoms with Gasteiger partial charge >= 0.3 is 0 Å². The number of phenols is 2. The first-order valence-electron chi connectivity index (χ1n) is 21.3. The first kappa shape index (κ1) is 41.5. The molecule has 0 aromatic heterocycles. The van der Waals surface area contributed by atoms with Crippen LogP contribution in [0.2, 0.25) is 0 Å². The third-order valence-corrected chi connectivity index (χ3v) is 13.0. The topological polar surface area (TPSA) is 180 Å². The molecule has 6 amide bonds. The van der Waals surface area contributed by atoms with Crippen molar-refractivity contribution in [3.63, 3.8) is 0 Å². The Bertz CT molecular complexity index is 2550. The molecular formula is C47H47FN6O9. The SMILES string of the molecule is Cc1c(O)cc(O)c(C(=O)N2Cc3ccc(C(=O)N4CCC(CN5CCN(c6cc7c(cc6F)C(=O)N(C6CCC(=O)NC6=O)C7=O)CC5)CC4)cc3C2)c1OCc1ccccc1. The van der Waals surface area contributed by atoms with Crippen LogP contribution >= 0.6 is 0 Å². The molecule has 5 heterocycles. The van der Waals surface area contributed by atoms with Gasteiger partial charge in [0.2, 0.25) is 11.8 Å². The van der Waals surface area contributed by atoms with Gasteiger partial charge < -0.3 is 29.6 Å². The van der Waals surface area contributed by atoms with Crippen LogP contribution in [0.15, 0.2) is 66.7 Å². The predicted octanol–water partition coefficient (Wildman–Crippen LogP) is 4.36. The van der Waals surface area contributed by atoms with Crippen molar-refractivity contribution in [3.8, 4) is 17.2 Å². The molecule has 5 aliphatic rings. The lowest BCUT2D eigenvalue weighted by molar-refractivity contribution is -0.136. The van der Waals surface area contributed by atoms with Crippen LogP contribution in [0.25, 0.3) is 0 Å². The van der Waals surface area contributed by atoms with Crippen molar-refractivity contribution in [2.75, 3.05) is 50.7 Å².